The van der Waals surface area contributed by atoms with Gasteiger partial charge in [-0.3, -0.25) is 0 Å². The molecule has 1 aromatic rings. The van der Waals surface area contributed by atoms with Gasteiger partial charge in [-0.2, -0.15) is 0 Å². The molecule has 1 unspecified atom stereocenters. The second kappa shape index (κ2) is 5.69. The fourth-order valence-electron chi connectivity index (χ4n) is 1.03. The van der Waals surface area contributed by atoms with Crippen LogP contribution in [0.2, 0.25) is 4.34 Å². The first-order valence-corrected chi connectivity index (χ1v) is 6.34. The minimum absolute atomic E-state index is 0.505. The summed E-state index contributed by atoms with van der Waals surface area (Å²) in [5, 5.41) is 0. The first-order chi connectivity index (χ1) is 8.19. The second-order valence-electron chi connectivity index (χ2n) is 4.51. The third kappa shape index (κ3) is 4.64. The molecule has 0 aliphatic rings. The fraction of sp³-hybridized carbons (Fsp3) is 0.455. The average Bonchev–Trinajstić information content (AvgIpc) is 2.60. The molecule has 1 heterocycles. The van der Waals surface area contributed by atoms with Gasteiger partial charge in [0.25, 0.3) is 0 Å². The summed E-state index contributed by atoms with van der Waals surface area (Å²) in [5.74, 6) is -0.872. The summed E-state index contributed by atoms with van der Waals surface area (Å²) in [6.07, 6.45) is -1.06. The van der Waals surface area contributed by atoms with E-state index in [0.29, 0.717) is 9.21 Å². The van der Waals surface area contributed by atoms with Crippen LogP contribution in [0.3, 0.4) is 0 Å². The number of halogens is 1. The molecule has 7 heteroatoms. The van der Waals surface area contributed by atoms with E-state index in [4.69, 9.17) is 22.1 Å². The molecule has 1 aromatic heterocycles. The van der Waals surface area contributed by atoms with Gasteiger partial charge < -0.3 is 15.2 Å². The quantitative estimate of drug-likeness (QED) is 0.669. The molecule has 0 aliphatic carbocycles. The van der Waals surface area contributed by atoms with Gasteiger partial charge in [-0.15, -0.1) is 11.3 Å². The van der Waals surface area contributed by atoms with Crippen molar-refractivity contribution in [1.82, 2.24) is 0 Å². The van der Waals surface area contributed by atoms with Crippen molar-refractivity contribution in [1.29, 1.82) is 0 Å². The summed E-state index contributed by atoms with van der Waals surface area (Å²) in [6, 6.07) is 2.17. The first-order valence-electron chi connectivity index (χ1n) is 5.14. The highest BCUT2D eigenvalue weighted by Crippen LogP contribution is 2.26. The number of nitrogens with two attached hydrogens (primary N) is 1. The topological polar surface area (TPSA) is 78.6 Å². The summed E-state index contributed by atoms with van der Waals surface area (Å²) < 4.78 is 9.83. The Morgan fingerprint density at radius 2 is 2.00 bits per heavy atom. The lowest BCUT2D eigenvalue weighted by Gasteiger charge is -2.18. The Balaban J connectivity index is 2.58. The minimum atomic E-state index is -1.06. The monoisotopic (exact) mass is 291 g/mol. The summed E-state index contributed by atoms with van der Waals surface area (Å²) >= 11 is 6.87. The molecular weight excluding hydrogens is 278 g/mol. The Hall–Kier alpha value is -1.11. The SMILES string of the molecule is CC(C)(C)OC(=O)OC(=O)C(N)c1ccc(Cl)s1. The normalized spacial score (nSPS) is 12.9. The lowest BCUT2D eigenvalue weighted by molar-refractivity contribution is -0.143. The molecule has 0 bridgehead atoms. The van der Waals surface area contributed by atoms with E-state index in [1.165, 1.54) is 0 Å². The third-order valence-electron chi connectivity index (χ3n) is 1.73. The van der Waals surface area contributed by atoms with Crippen LogP contribution in [0.15, 0.2) is 12.1 Å². The summed E-state index contributed by atoms with van der Waals surface area (Å²) in [4.78, 5) is 23.4. The van der Waals surface area contributed by atoms with Gasteiger partial charge in [-0.1, -0.05) is 11.6 Å². The van der Waals surface area contributed by atoms with E-state index >= 15 is 0 Å². The number of ether oxygens (including phenoxy) is 2. The van der Waals surface area contributed by atoms with Crippen LogP contribution in [0.25, 0.3) is 0 Å². The Morgan fingerprint density at radius 1 is 1.39 bits per heavy atom. The van der Waals surface area contributed by atoms with Crippen molar-refractivity contribution in [3.05, 3.63) is 21.3 Å². The smallest absolute Gasteiger partial charge is 0.428 e. The first kappa shape index (κ1) is 14.9. The summed E-state index contributed by atoms with van der Waals surface area (Å²) in [7, 11) is 0. The second-order valence-corrected chi connectivity index (χ2v) is 6.25. The molecule has 0 aliphatic heterocycles. The third-order valence-corrected chi connectivity index (χ3v) is 3.04. The highest BCUT2D eigenvalue weighted by atomic mass is 35.5. The molecule has 0 fully saturated rings. The van der Waals surface area contributed by atoms with Crippen LogP contribution in [0.5, 0.6) is 0 Å². The zero-order valence-electron chi connectivity index (χ0n) is 10.2. The fourth-order valence-corrected chi connectivity index (χ4v) is 2.08. The summed E-state index contributed by atoms with van der Waals surface area (Å²) in [6.45, 7) is 4.99. The molecular formula is C11H14ClNO4S. The Bertz CT molecular complexity index is 452. The van der Waals surface area contributed by atoms with Crippen LogP contribution in [-0.4, -0.2) is 17.7 Å². The number of hydrogen-bond donors (Lipinski definition) is 1. The van der Waals surface area contributed by atoms with Crippen molar-refractivity contribution >= 4 is 35.1 Å². The number of carbonyl (C=O) groups is 2. The maximum atomic E-state index is 11.6. The molecule has 0 spiro atoms. The zero-order valence-corrected chi connectivity index (χ0v) is 11.8. The predicted octanol–water partition coefficient (Wildman–Crippen LogP) is 2.88. The van der Waals surface area contributed by atoms with Crippen LogP contribution in [0, 0.1) is 0 Å². The molecule has 2 N–H and O–H groups in total. The van der Waals surface area contributed by atoms with Crippen molar-refractivity contribution in [2.75, 3.05) is 0 Å². The van der Waals surface area contributed by atoms with Crippen LogP contribution in [-0.2, 0) is 14.3 Å². The molecule has 0 saturated heterocycles. The maximum absolute atomic E-state index is 11.6. The van der Waals surface area contributed by atoms with Gasteiger partial charge in [-0.05, 0) is 32.9 Å². The van der Waals surface area contributed by atoms with E-state index in [2.05, 4.69) is 4.74 Å². The Morgan fingerprint density at radius 3 is 2.44 bits per heavy atom. The predicted molar refractivity (Wildman–Crippen MR) is 68.6 cm³/mol. The molecule has 5 nitrogen and oxygen atoms in total. The number of rotatable bonds is 2. The van der Waals surface area contributed by atoms with Gasteiger partial charge in [0.05, 0.1) is 4.34 Å². The molecule has 1 atom stereocenters. The number of hydrogen-bond acceptors (Lipinski definition) is 6. The maximum Gasteiger partial charge on any atom is 0.516 e. The number of thiophene rings is 1. The average molecular weight is 292 g/mol. The largest absolute Gasteiger partial charge is 0.516 e. The molecule has 0 aromatic carbocycles. The van der Waals surface area contributed by atoms with Gasteiger partial charge >= 0.3 is 12.1 Å². The van der Waals surface area contributed by atoms with Crippen LogP contribution >= 0.6 is 22.9 Å². The van der Waals surface area contributed by atoms with Crippen molar-refractivity contribution in [3.8, 4) is 0 Å². The van der Waals surface area contributed by atoms with E-state index < -0.39 is 23.8 Å². The lowest BCUT2D eigenvalue weighted by atomic mass is 10.2. The van der Waals surface area contributed by atoms with Gasteiger partial charge in [-0.25, -0.2) is 9.59 Å². The van der Waals surface area contributed by atoms with Gasteiger partial charge in [0.1, 0.15) is 11.6 Å². The summed E-state index contributed by atoms with van der Waals surface area (Å²) in [5.41, 5.74) is 4.90. The van der Waals surface area contributed by atoms with Crippen molar-refractivity contribution in [3.63, 3.8) is 0 Å². The Kier molecular flexibility index (Phi) is 4.72. The molecule has 0 amide bonds. The number of carbonyl (C=O) groups excluding carboxylic acids is 2. The van der Waals surface area contributed by atoms with Crippen molar-refractivity contribution < 1.29 is 19.1 Å². The van der Waals surface area contributed by atoms with Gasteiger partial charge in [0.15, 0.2) is 0 Å². The highest BCUT2D eigenvalue weighted by Gasteiger charge is 2.25. The minimum Gasteiger partial charge on any atom is -0.428 e. The molecule has 0 saturated carbocycles. The van der Waals surface area contributed by atoms with Crippen molar-refractivity contribution in [2.45, 2.75) is 32.4 Å². The van der Waals surface area contributed by atoms with E-state index in [1.807, 2.05) is 0 Å². The van der Waals surface area contributed by atoms with Crippen molar-refractivity contribution in [2.24, 2.45) is 5.73 Å². The van der Waals surface area contributed by atoms with E-state index in [9.17, 15) is 9.59 Å². The molecule has 100 valence electrons. The lowest BCUT2D eigenvalue weighted by Crippen LogP contribution is -2.30. The van der Waals surface area contributed by atoms with Crippen LogP contribution < -0.4 is 5.73 Å². The van der Waals surface area contributed by atoms with E-state index in [1.54, 1.807) is 32.9 Å². The van der Waals surface area contributed by atoms with E-state index in [0.717, 1.165) is 11.3 Å². The molecule has 18 heavy (non-hydrogen) atoms. The highest BCUT2D eigenvalue weighted by molar-refractivity contribution is 7.16. The van der Waals surface area contributed by atoms with Crippen LogP contribution in [0.4, 0.5) is 4.79 Å². The van der Waals surface area contributed by atoms with Gasteiger partial charge in [0, 0.05) is 4.88 Å². The molecule has 1 rings (SSSR count). The standard InChI is InChI=1S/C11H14ClNO4S/c1-11(2,3)17-10(15)16-9(14)8(13)6-4-5-7(12)18-6/h4-5,8H,13H2,1-3H3. The Labute approximate surface area is 114 Å². The zero-order chi connectivity index (χ0) is 13.9. The van der Waals surface area contributed by atoms with Crippen LogP contribution in [0.1, 0.15) is 31.7 Å². The van der Waals surface area contributed by atoms with E-state index in [-0.39, 0.29) is 0 Å². The van der Waals surface area contributed by atoms with Gasteiger partial charge in [0.2, 0.25) is 0 Å². The molecule has 0 radical (unpaired) electrons. The number of esters is 1.